The second-order valence-corrected chi connectivity index (χ2v) is 6.28. The van der Waals surface area contributed by atoms with Gasteiger partial charge in [0.05, 0.1) is 4.88 Å². The SMILES string of the molecule is Clc1cccc(-n2ccc(-c3cnc(-c4ccccc4)s3)n2)n1. The molecule has 3 aromatic heterocycles. The fourth-order valence-corrected chi connectivity index (χ4v) is 3.26. The van der Waals surface area contributed by atoms with Crippen LogP contribution in [0.3, 0.4) is 0 Å². The fourth-order valence-electron chi connectivity index (χ4n) is 2.21. The van der Waals surface area contributed by atoms with E-state index in [1.807, 2.05) is 48.8 Å². The second kappa shape index (κ2) is 5.95. The van der Waals surface area contributed by atoms with E-state index in [0.29, 0.717) is 11.0 Å². The highest BCUT2D eigenvalue weighted by Gasteiger charge is 2.10. The highest BCUT2D eigenvalue weighted by Crippen LogP contribution is 2.31. The number of benzene rings is 1. The van der Waals surface area contributed by atoms with Crippen LogP contribution in [0.15, 0.2) is 67.0 Å². The van der Waals surface area contributed by atoms with Crippen LogP contribution in [0.1, 0.15) is 0 Å². The first kappa shape index (κ1) is 14.1. The van der Waals surface area contributed by atoms with Crippen LogP contribution in [-0.2, 0) is 0 Å². The number of pyridine rings is 1. The highest BCUT2D eigenvalue weighted by atomic mass is 35.5. The van der Waals surface area contributed by atoms with Gasteiger partial charge in [-0.2, -0.15) is 5.10 Å². The lowest BCUT2D eigenvalue weighted by Gasteiger charge is -1.99. The van der Waals surface area contributed by atoms with Crippen LogP contribution in [0.4, 0.5) is 0 Å². The quantitative estimate of drug-likeness (QED) is 0.508. The molecule has 0 unspecified atom stereocenters. The molecule has 0 bridgehead atoms. The molecule has 0 saturated heterocycles. The van der Waals surface area contributed by atoms with Crippen molar-refractivity contribution in [1.29, 1.82) is 0 Å². The van der Waals surface area contributed by atoms with Crippen molar-refractivity contribution in [1.82, 2.24) is 19.7 Å². The molecule has 0 aliphatic rings. The number of rotatable bonds is 3. The molecule has 0 radical (unpaired) electrons. The van der Waals surface area contributed by atoms with E-state index in [2.05, 4.69) is 27.2 Å². The van der Waals surface area contributed by atoms with Crippen molar-refractivity contribution in [2.75, 3.05) is 0 Å². The summed E-state index contributed by atoms with van der Waals surface area (Å²) >= 11 is 7.55. The zero-order valence-corrected chi connectivity index (χ0v) is 13.5. The zero-order chi connectivity index (χ0) is 15.6. The average molecular weight is 339 g/mol. The summed E-state index contributed by atoms with van der Waals surface area (Å²) in [5.74, 6) is 0.691. The lowest BCUT2D eigenvalue weighted by molar-refractivity contribution is 0.851. The lowest BCUT2D eigenvalue weighted by Crippen LogP contribution is -1.97. The van der Waals surface area contributed by atoms with Gasteiger partial charge in [-0.25, -0.2) is 14.6 Å². The molecule has 0 N–H and O–H groups in total. The summed E-state index contributed by atoms with van der Waals surface area (Å²) in [6, 6.07) is 17.5. The van der Waals surface area contributed by atoms with Gasteiger partial charge in [0.1, 0.15) is 15.9 Å². The Morgan fingerprint density at radius 2 is 1.83 bits per heavy atom. The molecule has 4 rings (SSSR count). The van der Waals surface area contributed by atoms with Gasteiger partial charge in [-0.05, 0) is 18.2 Å². The van der Waals surface area contributed by atoms with Gasteiger partial charge >= 0.3 is 0 Å². The van der Waals surface area contributed by atoms with Crippen LogP contribution in [0, 0.1) is 0 Å². The maximum absolute atomic E-state index is 5.93. The monoisotopic (exact) mass is 338 g/mol. The Hall–Kier alpha value is -2.50. The number of hydrogen-bond acceptors (Lipinski definition) is 4. The van der Waals surface area contributed by atoms with Crippen LogP contribution < -0.4 is 0 Å². The number of thiazole rings is 1. The van der Waals surface area contributed by atoms with E-state index < -0.39 is 0 Å². The minimum absolute atomic E-state index is 0.448. The number of nitrogens with zero attached hydrogens (tertiary/aromatic N) is 4. The summed E-state index contributed by atoms with van der Waals surface area (Å²) in [5.41, 5.74) is 1.98. The third-order valence-electron chi connectivity index (χ3n) is 3.30. The topological polar surface area (TPSA) is 43.6 Å². The van der Waals surface area contributed by atoms with Gasteiger partial charge < -0.3 is 0 Å². The number of halogens is 1. The highest BCUT2D eigenvalue weighted by molar-refractivity contribution is 7.18. The first-order valence-corrected chi connectivity index (χ1v) is 8.19. The van der Waals surface area contributed by atoms with Gasteiger partial charge in [0.15, 0.2) is 5.82 Å². The Bertz CT molecular complexity index is 946. The molecule has 0 spiro atoms. The van der Waals surface area contributed by atoms with E-state index in [-0.39, 0.29) is 0 Å². The molecule has 0 atom stereocenters. The third-order valence-corrected chi connectivity index (χ3v) is 4.58. The smallest absolute Gasteiger partial charge is 0.155 e. The molecule has 0 saturated carbocycles. The predicted octanol–water partition coefficient (Wildman–Crippen LogP) is 4.71. The molecule has 4 aromatic rings. The molecule has 6 heteroatoms. The minimum atomic E-state index is 0.448. The summed E-state index contributed by atoms with van der Waals surface area (Å²) in [6.45, 7) is 0. The first-order valence-electron chi connectivity index (χ1n) is 7.00. The van der Waals surface area contributed by atoms with E-state index in [1.54, 1.807) is 22.1 Å². The molecular weight excluding hydrogens is 328 g/mol. The van der Waals surface area contributed by atoms with Gasteiger partial charge in [-0.3, -0.25) is 0 Å². The molecule has 3 heterocycles. The molecule has 0 aliphatic heterocycles. The van der Waals surface area contributed by atoms with Crippen LogP contribution in [0.2, 0.25) is 5.15 Å². The first-order chi connectivity index (χ1) is 11.3. The maximum Gasteiger partial charge on any atom is 0.155 e. The van der Waals surface area contributed by atoms with Gasteiger partial charge in [-0.15, -0.1) is 11.3 Å². The van der Waals surface area contributed by atoms with Crippen molar-refractivity contribution in [2.45, 2.75) is 0 Å². The van der Waals surface area contributed by atoms with Crippen LogP contribution in [0.5, 0.6) is 0 Å². The van der Waals surface area contributed by atoms with Gasteiger partial charge in [0.2, 0.25) is 0 Å². The molecule has 0 aliphatic carbocycles. The van der Waals surface area contributed by atoms with Crippen molar-refractivity contribution in [3.8, 4) is 27.0 Å². The van der Waals surface area contributed by atoms with Gasteiger partial charge in [0.25, 0.3) is 0 Å². The predicted molar refractivity (Wildman–Crippen MR) is 92.9 cm³/mol. The van der Waals surface area contributed by atoms with E-state index in [0.717, 1.165) is 21.1 Å². The molecule has 112 valence electrons. The molecule has 0 amide bonds. The van der Waals surface area contributed by atoms with Crippen LogP contribution >= 0.6 is 22.9 Å². The Kier molecular flexibility index (Phi) is 3.65. The Balaban J connectivity index is 1.66. The Morgan fingerprint density at radius 3 is 2.65 bits per heavy atom. The Morgan fingerprint density at radius 1 is 0.957 bits per heavy atom. The molecule has 0 fully saturated rings. The molecule has 1 aromatic carbocycles. The molecule has 4 nitrogen and oxygen atoms in total. The van der Waals surface area contributed by atoms with E-state index in [9.17, 15) is 0 Å². The van der Waals surface area contributed by atoms with Crippen LogP contribution in [0.25, 0.3) is 27.0 Å². The molecule has 23 heavy (non-hydrogen) atoms. The van der Waals surface area contributed by atoms with Gasteiger partial charge in [-0.1, -0.05) is 48.0 Å². The normalized spacial score (nSPS) is 10.8. The van der Waals surface area contributed by atoms with Crippen molar-refractivity contribution in [3.05, 3.63) is 72.1 Å². The van der Waals surface area contributed by atoms with Crippen molar-refractivity contribution in [2.24, 2.45) is 0 Å². The zero-order valence-electron chi connectivity index (χ0n) is 11.9. The average Bonchev–Trinajstić information content (AvgIpc) is 3.25. The summed E-state index contributed by atoms with van der Waals surface area (Å²) in [5, 5.41) is 6.00. The molecular formula is C17H11ClN4S. The summed E-state index contributed by atoms with van der Waals surface area (Å²) < 4.78 is 1.71. The van der Waals surface area contributed by atoms with Crippen molar-refractivity contribution >= 4 is 22.9 Å². The van der Waals surface area contributed by atoms with Crippen molar-refractivity contribution < 1.29 is 0 Å². The third kappa shape index (κ3) is 2.88. The van der Waals surface area contributed by atoms with E-state index >= 15 is 0 Å². The van der Waals surface area contributed by atoms with E-state index in [4.69, 9.17) is 11.6 Å². The van der Waals surface area contributed by atoms with E-state index in [1.165, 1.54) is 0 Å². The number of aromatic nitrogens is 4. The summed E-state index contributed by atoms with van der Waals surface area (Å²) in [6.07, 6.45) is 3.72. The fraction of sp³-hybridized carbons (Fsp3) is 0. The van der Waals surface area contributed by atoms with Crippen LogP contribution in [-0.4, -0.2) is 19.7 Å². The second-order valence-electron chi connectivity index (χ2n) is 4.86. The lowest BCUT2D eigenvalue weighted by atomic mass is 10.2. The minimum Gasteiger partial charge on any atom is -0.244 e. The van der Waals surface area contributed by atoms with Crippen molar-refractivity contribution in [3.63, 3.8) is 0 Å². The summed E-state index contributed by atoms with van der Waals surface area (Å²) in [4.78, 5) is 9.77. The van der Waals surface area contributed by atoms with Gasteiger partial charge in [0, 0.05) is 18.0 Å². The Labute approximate surface area is 142 Å². The standard InChI is InChI=1S/C17H11ClN4S/c18-15-7-4-8-16(20-15)22-10-9-13(21-22)14-11-19-17(23-14)12-5-2-1-3-6-12/h1-11H. The number of hydrogen-bond donors (Lipinski definition) is 0. The maximum atomic E-state index is 5.93. The largest absolute Gasteiger partial charge is 0.244 e. The summed E-state index contributed by atoms with van der Waals surface area (Å²) in [7, 11) is 0.